The third-order valence-corrected chi connectivity index (χ3v) is 4.44. The molecule has 2 heterocycles. The van der Waals surface area contributed by atoms with E-state index in [4.69, 9.17) is 4.74 Å². The first kappa shape index (κ1) is 15.3. The number of carbonyl (C=O) groups excluding carboxylic acids is 1. The van der Waals surface area contributed by atoms with E-state index in [9.17, 15) is 4.79 Å². The molecule has 1 aromatic heterocycles. The molecule has 0 aliphatic carbocycles. The molecule has 0 aromatic carbocycles. The van der Waals surface area contributed by atoms with Gasteiger partial charge in [0.25, 0.3) is 0 Å². The molecule has 112 valence electrons. The van der Waals surface area contributed by atoms with Gasteiger partial charge >= 0.3 is 5.97 Å². The zero-order chi connectivity index (χ0) is 14.4. The molecule has 20 heavy (non-hydrogen) atoms. The van der Waals surface area contributed by atoms with Crippen LogP contribution in [-0.2, 0) is 9.53 Å². The molecule has 1 fully saturated rings. The third kappa shape index (κ3) is 3.70. The van der Waals surface area contributed by atoms with Crippen LogP contribution in [0.15, 0.2) is 11.6 Å². The molecule has 6 heteroatoms. The second-order valence-electron chi connectivity index (χ2n) is 4.87. The average molecular weight is 297 g/mol. The Hall–Kier alpha value is -1.14. The topological polar surface area (TPSA) is 45.7 Å². The smallest absolute Gasteiger partial charge is 0.323 e. The highest BCUT2D eigenvalue weighted by atomic mass is 32.1. The Labute approximate surface area is 124 Å². The summed E-state index contributed by atoms with van der Waals surface area (Å²) in [4.78, 5) is 20.9. The molecule has 1 aliphatic heterocycles. The predicted octanol–water partition coefficient (Wildman–Crippen LogP) is 2.00. The highest BCUT2D eigenvalue weighted by Crippen LogP contribution is 2.20. The summed E-state index contributed by atoms with van der Waals surface area (Å²) in [7, 11) is 0. The van der Waals surface area contributed by atoms with Gasteiger partial charge in [0.1, 0.15) is 6.04 Å². The molecular formula is C14H23N3O2S. The van der Waals surface area contributed by atoms with Gasteiger partial charge in [-0.25, -0.2) is 4.98 Å². The number of esters is 1. The fourth-order valence-corrected chi connectivity index (χ4v) is 3.32. The fourth-order valence-electron chi connectivity index (χ4n) is 2.62. The molecule has 0 bridgehead atoms. The van der Waals surface area contributed by atoms with Gasteiger partial charge in [-0.3, -0.25) is 9.69 Å². The first-order valence-electron chi connectivity index (χ1n) is 7.31. The maximum Gasteiger partial charge on any atom is 0.323 e. The second-order valence-corrected chi connectivity index (χ2v) is 5.74. The molecule has 5 nitrogen and oxygen atoms in total. The van der Waals surface area contributed by atoms with Gasteiger partial charge in [-0.15, -0.1) is 11.3 Å². The number of anilines is 1. The largest absolute Gasteiger partial charge is 0.465 e. The molecule has 2 rings (SSSR count). The Kier molecular flexibility index (Phi) is 5.79. The van der Waals surface area contributed by atoms with Gasteiger partial charge < -0.3 is 9.64 Å². The van der Waals surface area contributed by atoms with Crippen LogP contribution in [0.5, 0.6) is 0 Å². The molecule has 1 aromatic rings. The lowest BCUT2D eigenvalue weighted by Crippen LogP contribution is -2.43. The fraction of sp³-hybridized carbons (Fsp3) is 0.714. The van der Waals surface area contributed by atoms with Crippen LogP contribution in [0.1, 0.15) is 26.7 Å². The highest BCUT2D eigenvalue weighted by Gasteiger charge is 2.27. The summed E-state index contributed by atoms with van der Waals surface area (Å²) >= 11 is 1.67. The molecule has 0 radical (unpaired) electrons. The molecule has 1 unspecified atom stereocenters. The van der Waals surface area contributed by atoms with E-state index in [2.05, 4.69) is 14.8 Å². The van der Waals surface area contributed by atoms with Crippen LogP contribution in [-0.4, -0.2) is 54.7 Å². The minimum atomic E-state index is -0.105. The predicted molar refractivity (Wildman–Crippen MR) is 81.2 cm³/mol. The number of ether oxygens (including phenoxy) is 1. The number of hydrogen-bond acceptors (Lipinski definition) is 6. The van der Waals surface area contributed by atoms with Crippen molar-refractivity contribution in [2.24, 2.45) is 0 Å². The number of thiazole rings is 1. The number of aromatic nitrogens is 1. The maximum atomic E-state index is 12.0. The Morgan fingerprint density at radius 3 is 2.90 bits per heavy atom. The zero-order valence-electron chi connectivity index (χ0n) is 12.2. The Morgan fingerprint density at radius 1 is 1.40 bits per heavy atom. The highest BCUT2D eigenvalue weighted by molar-refractivity contribution is 7.13. The van der Waals surface area contributed by atoms with Crippen molar-refractivity contribution in [3.8, 4) is 0 Å². The standard InChI is InChI=1S/C14H23N3O2S/c1-3-12(13(18)19-4-2)16-7-5-8-17(10-9-16)14-15-6-11-20-14/h6,11-12H,3-5,7-10H2,1-2H3. The maximum absolute atomic E-state index is 12.0. The lowest BCUT2D eigenvalue weighted by atomic mass is 10.2. The van der Waals surface area contributed by atoms with Gasteiger partial charge in [0.05, 0.1) is 6.61 Å². The van der Waals surface area contributed by atoms with Crippen LogP contribution >= 0.6 is 11.3 Å². The van der Waals surface area contributed by atoms with Crippen molar-refractivity contribution in [2.45, 2.75) is 32.7 Å². The van der Waals surface area contributed by atoms with E-state index >= 15 is 0 Å². The third-order valence-electron chi connectivity index (χ3n) is 3.61. The summed E-state index contributed by atoms with van der Waals surface area (Å²) in [5.41, 5.74) is 0. The van der Waals surface area contributed by atoms with Crippen molar-refractivity contribution < 1.29 is 9.53 Å². The Balaban J connectivity index is 1.95. The van der Waals surface area contributed by atoms with E-state index in [1.54, 1.807) is 11.3 Å². The van der Waals surface area contributed by atoms with Gasteiger partial charge in [-0.2, -0.15) is 0 Å². The lowest BCUT2D eigenvalue weighted by Gasteiger charge is -2.28. The van der Waals surface area contributed by atoms with Crippen molar-refractivity contribution in [1.82, 2.24) is 9.88 Å². The minimum Gasteiger partial charge on any atom is -0.465 e. The molecule has 0 spiro atoms. The van der Waals surface area contributed by atoms with E-state index in [1.165, 1.54) is 0 Å². The summed E-state index contributed by atoms with van der Waals surface area (Å²) in [5, 5.41) is 3.09. The van der Waals surface area contributed by atoms with Gasteiger partial charge in [0, 0.05) is 37.8 Å². The summed E-state index contributed by atoms with van der Waals surface area (Å²) in [5.74, 6) is -0.0855. The second kappa shape index (κ2) is 7.59. The van der Waals surface area contributed by atoms with E-state index in [0.717, 1.165) is 44.2 Å². The molecule has 1 saturated heterocycles. The summed E-state index contributed by atoms with van der Waals surface area (Å²) in [6, 6.07) is -0.105. The average Bonchev–Trinajstić information content (AvgIpc) is 2.87. The molecule has 1 aliphatic rings. The first-order valence-corrected chi connectivity index (χ1v) is 8.19. The van der Waals surface area contributed by atoms with E-state index in [0.29, 0.717) is 6.61 Å². The monoisotopic (exact) mass is 297 g/mol. The van der Waals surface area contributed by atoms with Crippen LogP contribution < -0.4 is 4.90 Å². The van der Waals surface area contributed by atoms with Gasteiger partial charge in [0.15, 0.2) is 5.13 Å². The molecule has 1 atom stereocenters. The number of nitrogens with zero attached hydrogens (tertiary/aromatic N) is 3. The number of hydrogen-bond donors (Lipinski definition) is 0. The van der Waals surface area contributed by atoms with Crippen molar-refractivity contribution in [3.05, 3.63) is 11.6 Å². The lowest BCUT2D eigenvalue weighted by molar-refractivity contribution is -0.149. The Morgan fingerprint density at radius 2 is 2.25 bits per heavy atom. The van der Waals surface area contributed by atoms with Gasteiger partial charge in [-0.05, 0) is 19.8 Å². The van der Waals surface area contributed by atoms with E-state index in [-0.39, 0.29) is 12.0 Å². The van der Waals surface area contributed by atoms with Crippen LogP contribution in [0.2, 0.25) is 0 Å². The molecule has 0 saturated carbocycles. The van der Waals surface area contributed by atoms with E-state index in [1.807, 2.05) is 25.4 Å². The van der Waals surface area contributed by atoms with Crippen molar-refractivity contribution in [3.63, 3.8) is 0 Å². The van der Waals surface area contributed by atoms with Crippen LogP contribution in [0.25, 0.3) is 0 Å². The van der Waals surface area contributed by atoms with E-state index < -0.39 is 0 Å². The van der Waals surface area contributed by atoms with Crippen molar-refractivity contribution >= 4 is 22.4 Å². The zero-order valence-corrected chi connectivity index (χ0v) is 13.1. The Bertz CT molecular complexity index is 411. The van der Waals surface area contributed by atoms with Crippen LogP contribution in [0.4, 0.5) is 5.13 Å². The normalized spacial score (nSPS) is 18.6. The molecular weight excluding hydrogens is 274 g/mol. The summed E-state index contributed by atoms with van der Waals surface area (Å²) in [6.45, 7) is 8.11. The van der Waals surface area contributed by atoms with Crippen molar-refractivity contribution in [2.75, 3.05) is 37.7 Å². The number of rotatable bonds is 5. The van der Waals surface area contributed by atoms with Crippen molar-refractivity contribution in [1.29, 1.82) is 0 Å². The summed E-state index contributed by atoms with van der Waals surface area (Å²) in [6.07, 6.45) is 3.70. The first-order chi connectivity index (χ1) is 9.76. The van der Waals surface area contributed by atoms with Gasteiger partial charge in [0.2, 0.25) is 0 Å². The molecule has 0 amide bonds. The molecule has 0 N–H and O–H groups in total. The van der Waals surface area contributed by atoms with Crippen LogP contribution in [0, 0.1) is 0 Å². The SMILES string of the molecule is CCOC(=O)C(CC)N1CCCN(c2nccs2)CC1. The quantitative estimate of drug-likeness (QED) is 0.778. The minimum absolute atomic E-state index is 0.0855. The summed E-state index contributed by atoms with van der Waals surface area (Å²) < 4.78 is 5.18. The van der Waals surface area contributed by atoms with Crippen LogP contribution in [0.3, 0.4) is 0 Å². The van der Waals surface area contributed by atoms with Gasteiger partial charge in [-0.1, -0.05) is 6.92 Å². The number of carbonyl (C=O) groups is 1.